The van der Waals surface area contributed by atoms with E-state index >= 15 is 0 Å². The molecule has 0 bridgehead atoms. The highest BCUT2D eigenvalue weighted by Crippen LogP contribution is 2.23. The van der Waals surface area contributed by atoms with Crippen molar-refractivity contribution in [2.24, 2.45) is 0 Å². The van der Waals surface area contributed by atoms with Crippen LogP contribution < -0.4 is 14.7 Å². The predicted octanol–water partition coefficient (Wildman–Crippen LogP) is 1.34. The molecule has 7 nitrogen and oxygen atoms in total. The van der Waals surface area contributed by atoms with Crippen LogP contribution in [-0.2, 0) is 0 Å². The molecule has 1 saturated heterocycles. The largest absolute Gasteiger partial charge is 0.353 e. The van der Waals surface area contributed by atoms with Gasteiger partial charge in [-0.2, -0.15) is 4.98 Å². The van der Waals surface area contributed by atoms with Gasteiger partial charge in [0.1, 0.15) is 10.8 Å². The van der Waals surface area contributed by atoms with Crippen molar-refractivity contribution in [3.8, 4) is 0 Å². The maximum Gasteiger partial charge on any atom is 0.226 e. The number of hydrogen-bond donors (Lipinski definition) is 0. The third kappa shape index (κ3) is 3.11. The van der Waals surface area contributed by atoms with E-state index < -0.39 is 0 Å². The van der Waals surface area contributed by atoms with Gasteiger partial charge in [0.25, 0.3) is 0 Å². The number of aryl methyl sites for hydroxylation is 2. The lowest BCUT2D eigenvalue weighted by Crippen LogP contribution is -2.47. The van der Waals surface area contributed by atoms with Gasteiger partial charge in [-0.1, -0.05) is 11.3 Å². The summed E-state index contributed by atoms with van der Waals surface area (Å²) in [5, 5.41) is 10.4. The highest BCUT2D eigenvalue weighted by atomic mass is 32.1. The first-order valence-electron chi connectivity index (χ1n) is 7.36. The van der Waals surface area contributed by atoms with E-state index in [2.05, 4.69) is 36.0 Å². The molecular formula is C14H21N7S. The summed E-state index contributed by atoms with van der Waals surface area (Å²) < 4.78 is 0. The summed E-state index contributed by atoms with van der Waals surface area (Å²) in [6.07, 6.45) is 0. The summed E-state index contributed by atoms with van der Waals surface area (Å²) in [4.78, 5) is 15.7. The second kappa shape index (κ2) is 6.04. The lowest BCUT2D eigenvalue weighted by Gasteiger charge is -2.35. The Morgan fingerprint density at radius 1 is 1.00 bits per heavy atom. The molecule has 3 rings (SSSR count). The van der Waals surface area contributed by atoms with Gasteiger partial charge >= 0.3 is 0 Å². The Labute approximate surface area is 134 Å². The van der Waals surface area contributed by atoms with Crippen LogP contribution in [0.5, 0.6) is 0 Å². The van der Waals surface area contributed by atoms with Crippen molar-refractivity contribution in [2.45, 2.75) is 13.8 Å². The van der Waals surface area contributed by atoms with Gasteiger partial charge in [0, 0.05) is 52.0 Å². The van der Waals surface area contributed by atoms with E-state index in [4.69, 9.17) is 0 Å². The molecule has 0 atom stereocenters. The fraction of sp³-hybridized carbons (Fsp3) is 0.571. The first-order chi connectivity index (χ1) is 10.5. The van der Waals surface area contributed by atoms with Gasteiger partial charge in [-0.05, 0) is 13.8 Å². The van der Waals surface area contributed by atoms with Crippen LogP contribution in [0.1, 0.15) is 10.7 Å². The molecular weight excluding hydrogens is 298 g/mol. The third-order valence-electron chi connectivity index (χ3n) is 3.62. The number of rotatable bonds is 3. The molecule has 1 aliphatic heterocycles. The van der Waals surface area contributed by atoms with Gasteiger partial charge in [-0.15, -0.1) is 10.2 Å². The molecule has 0 spiro atoms. The maximum atomic E-state index is 4.66. The summed E-state index contributed by atoms with van der Waals surface area (Å²) in [5.74, 6) is 1.77. The van der Waals surface area contributed by atoms with E-state index in [-0.39, 0.29) is 0 Å². The molecule has 3 heterocycles. The molecule has 22 heavy (non-hydrogen) atoms. The van der Waals surface area contributed by atoms with E-state index in [1.54, 1.807) is 11.3 Å². The average molecular weight is 319 g/mol. The minimum atomic E-state index is 0.761. The van der Waals surface area contributed by atoms with Crippen molar-refractivity contribution >= 4 is 28.2 Å². The second-order valence-electron chi connectivity index (χ2n) is 5.64. The third-order valence-corrected chi connectivity index (χ3v) is 4.52. The molecule has 2 aromatic heterocycles. The molecule has 0 unspecified atom stereocenters. The van der Waals surface area contributed by atoms with Crippen LogP contribution in [0.3, 0.4) is 0 Å². The fourth-order valence-electron chi connectivity index (χ4n) is 2.44. The zero-order valence-electron chi connectivity index (χ0n) is 13.4. The lowest BCUT2D eigenvalue weighted by molar-refractivity contribution is 0.642. The molecule has 1 aliphatic rings. The molecule has 2 aromatic rings. The van der Waals surface area contributed by atoms with Crippen LogP contribution >= 0.6 is 11.3 Å². The first kappa shape index (κ1) is 15.0. The van der Waals surface area contributed by atoms with Crippen molar-refractivity contribution in [3.05, 3.63) is 16.8 Å². The Kier molecular flexibility index (Phi) is 4.10. The standard InChI is InChI=1S/C14H21N7S/c1-10-9-12(16-13(15-10)19(3)4)20-5-7-21(8-6-20)14-18-17-11(2)22-14/h9H,5-8H2,1-4H3. The molecule has 0 N–H and O–H groups in total. The Bertz CT molecular complexity index is 646. The number of nitrogens with zero attached hydrogens (tertiary/aromatic N) is 7. The molecule has 0 amide bonds. The minimum absolute atomic E-state index is 0.761. The van der Waals surface area contributed by atoms with Crippen molar-refractivity contribution in [2.75, 3.05) is 55.0 Å². The number of hydrogen-bond acceptors (Lipinski definition) is 8. The first-order valence-corrected chi connectivity index (χ1v) is 8.17. The highest BCUT2D eigenvalue weighted by molar-refractivity contribution is 7.15. The number of anilines is 3. The van der Waals surface area contributed by atoms with Crippen molar-refractivity contribution < 1.29 is 0 Å². The van der Waals surface area contributed by atoms with E-state index in [0.717, 1.165) is 53.8 Å². The van der Waals surface area contributed by atoms with Crippen LogP contribution in [0.25, 0.3) is 0 Å². The van der Waals surface area contributed by atoms with E-state index in [1.807, 2.05) is 32.8 Å². The van der Waals surface area contributed by atoms with Crippen LogP contribution in [0, 0.1) is 13.8 Å². The quantitative estimate of drug-likeness (QED) is 0.846. The number of aromatic nitrogens is 4. The van der Waals surface area contributed by atoms with Crippen molar-refractivity contribution in [1.29, 1.82) is 0 Å². The van der Waals surface area contributed by atoms with Gasteiger partial charge < -0.3 is 14.7 Å². The molecule has 0 aromatic carbocycles. The van der Waals surface area contributed by atoms with Crippen molar-refractivity contribution in [1.82, 2.24) is 20.2 Å². The van der Waals surface area contributed by atoms with E-state index in [9.17, 15) is 0 Å². The smallest absolute Gasteiger partial charge is 0.226 e. The number of piperazine rings is 1. The molecule has 1 fully saturated rings. The fourth-order valence-corrected chi connectivity index (χ4v) is 3.18. The maximum absolute atomic E-state index is 4.66. The lowest BCUT2D eigenvalue weighted by atomic mass is 10.3. The topological polar surface area (TPSA) is 61.3 Å². The Balaban J connectivity index is 1.71. The second-order valence-corrected chi connectivity index (χ2v) is 6.80. The molecule has 0 radical (unpaired) electrons. The van der Waals surface area contributed by atoms with Gasteiger partial charge in [0.05, 0.1) is 0 Å². The molecule has 0 saturated carbocycles. The molecule has 118 valence electrons. The predicted molar refractivity (Wildman–Crippen MR) is 90.2 cm³/mol. The van der Waals surface area contributed by atoms with Crippen molar-refractivity contribution in [3.63, 3.8) is 0 Å². The van der Waals surface area contributed by atoms with Crippen LogP contribution in [-0.4, -0.2) is 60.4 Å². The van der Waals surface area contributed by atoms with Gasteiger partial charge in [-0.25, -0.2) is 4.98 Å². The summed E-state index contributed by atoms with van der Waals surface area (Å²) in [6.45, 7) is 7.75. The Morgan fingerprint density at radius 2 is 1.68 bits per heavy atom. The van der Waals surface area contributed by atoms with Gasteiger partial charge in [0.15, 0.2) is 0 Å². The molecule has 8 heteroatoms. The Hall–Kier alpha value is -1.96. The summed E-state index contributed by atoms with van der Waals surface area (Å²) in [5.41, 5.74) is 0.996. The zero-order valence-corrected chi connectivity index (χ0v) is 14.3. The summed E-state index contributed by atoms with van der Waals surface area (Å²) in [6, 6.07) is 2.05. The Morgan fingerprint density at radius 3 is 2.27 bits per heavy atom. The van der Waals surface area contributed by atoms with Crippen LogP contribution in [0.2, 0.25) is 0 Å². The highest BCUT2D eigenvalue weighted by Gasteiger charge is 2.21. The minimum Gasteiger partial charge on any atom is -0.353 e. The van der Waals surface area contributed by atoms with Crippen LogP contribution in [0.15, 0.2) is 6.07 Å². The SMILES string of the molecule is Cc1cc(N2CCN(c3nnc(C)s3)CC2)nc(N(C)C)n1. The van der Waals surface area contributed by atoms with Crippen LogP contribution in [0.4, 0.5) is 16.9 Å². The average Bonchev–Trinajstić information content (AvgIpc) is 2.93. The summed E-state index contributed by atoms with van der Waals surface area (Å²) in [7, 11) is 3.93. The van der Waals surface area contributed by atoms with E-state index in [0.29, 0.717) is 0 Å². The zero-order chi connectivity index (χ0) is 15.7. The summed E-state index contributed by atoms with van der Waals surface area (Å²) >= 11 is 1.65. The normalized spacial score (nSPS) is 15.3. The molecule has 0 aliphatic carbocycles. The van der Waals surface area contributed by atoms with Gasteiger partial charge in [-0.3, -0.25) is 0 Å². The van der Waals surface area contributed by atoms with Gasteiger partial charge in [0.2, 0.25) is 11.1 Å². The monoisotopic (exact) mass is 319 g/mol. The van der Waals surface area contributed by atoms with E-state index in [1.165, 1.54) is 0 Å².